The molecule has 110 valence electrons. The molecule has 0 N–H and O–H groups in total. The average molecular weight is 350 g/mol. The van der Waals surface area contributed by atoms with E-state index in [2.05, 4.69) is 22.0 Å². The van der Waals surface area contributed by atoms with Crippen LogP contribution in [0.4, 0.5) is 0 Å². The van der Waals surface area contributed by atoms with Gasteiger partial charge in [-0.15, -0.1) is 0 Å². The molecule has 0 saturated carbocycles. The number of carbonyl (C=O) groups is 2. The van der Waals surface area contributed by atoms with Gasteiger partial charge in [0.2, 0.25) is 5.60 Å². The van der Waals surface area contributed by atoms with Gasteiger partial charge in [-0.05, 0) is 30.4 Å². The fourth-order valence-corrected chi connectivity index (χ4v) is 4.78. The van der Waals surface area contributed by atoms with Gasteiger partial charge in [0, 0.05) is 13.0 Å². The Morgan fingerprint density at radius 3 is 2.95 bits per heavy atom. The number of aryl methyl sites for hydroxylation is 1. The van der Waals surface area contributed by atoms with Crippen molar-refractivity contribution in [1.82, 2.24) is 4.90 Å². The molecular formula is C16H16BrNO3. The van der Waals surface area contributed by atoms with Crippen LogP contribution in [0.25, 0.3) is 0 Å². The minimum atomic E-state index is -1.06. The van der Waals surface area contributed by atoms with Gasteiger partial charge in [-0.2, -0.15) is 0 Å². The van der Waals surface area contributed by atoms with Crippen LogP contribution in [-0.4, -0.2) is 35.0 Å². The summed E-state index contributed by atoms with van der Waals surface area (Å²) in [5, 5.41) is 0. The lowest BCUT2D eigenvalue weighted by Crippen LogP contribution is -2.63. The molecule has 2 saturated heterocycles. The number of ether oxygens (including phenoxy) is 1. The number of fused-ring (bicyclic) bond motifs is 2. The zero-order chi connectivity index (χ0) is 14.6. The zero-order valence-electron chi connectivity index (χ0n) is 11.5. The predicted molar refractivity (Wildman–Crippen MR) is 80.0 cm³/mol. The molecule has 1 spiro atoms. The molecule has 1 amide bonds. The number of esters is 1. The lowest BCUT2D eigenvalue weighted by atomic mass is 9.78. The van der Waals surface area contributed by atoms with Crippen LogP contribution < -0.4 is 0 Å². The number of nitrogens with zero attached hydrogens (tertiary/aromatic N) is 1. The number of morpholine rings is 1. The van der Waals surface area contributed by atoms with Gasteiger partial charge in [-0.1, -0.05) is 40.2 Å². The lowest BCUT2D eigenvalue weighted by Gasteiger charge is -2.47. The number of hydrogen-bond acceptors (Lipinski definition) is 3. The number of alkyl halides is 1. The van der Waals surface area contributed by atoms with E-state index >= 15 is 0 Å². The van der Waals surface area contributed by atoms with E-state index < -0.39 is 5.60 Å². The summed E-state index contributed by atoms with van der Waals surface area (Å²) in [6, 6.07) is 7.68. The van der Waals surface area contributed by atoms with Crippen LogP contribution in [0.2, 0.25) is 0 Å². The Bertz CT molecular complexity index is 632. The summed E-state index contributed by atoms with van der Waals surface area (Å²) in [4.78, 5) is 26.7. The normalized spacial score (nSPS) is 34.6. The third-order valence-electron chi connectivity index (χ3n) is 4.93. The maximum atomic E-state index is 13.0. The predicted octanol–water partition coefficient (Wildman–Crippen LogP) is 2.36. The summed E-state index contributed by atoms with van der Waals surface area (Å²) < 4.78 is 5.73. The van der Waals surface area contributed by atoms with E-state index in [1.807, 2.05) is 18.2 Å². The molecule has 1 aromatic carbocycles. The van der Waals surface area contributed by atoms with E-state index in [1.54, 1.807) is 4.90 Å². The smallest absolute Gasteiger partial charge is 0.329 e. The van der Waals surface area contributed by atoms with Crippen LogP contribution in [0.15, 0.2) is 24.3 Å². The number of carbonyl (C=O) groups excluding carboxylic acids is 2. The van der Waals surface area contributed by atoms with E-state index in [1.165, 1.54) is 5.56 Å². The van der Waals surface area contributed by atoms with Gasteiger partial charge in [0.1, 0.15) is 6.04 Å². The standard InChI is InChI=1S/C16H16BrNO3/c17-13-11-5-2-1-4-10(11)7-8-16(13)15(20)18-9-3-6-12(18)14(19)21-16/h1-2,4-5,12-13H,3,6-9H2/t12-,13+,16?/m0/s1. The lowest BCUT2D eigenvalue weighted by molar-refractivity contribution is -0.192. The number of amides is 1. The zero-order valence-corrected chi connectivity index (χ0v) is 13.1. The van der Waals surface area contributed by atoms with Crippen LogP contribution in [0.5, 0.6) is 0 Å². The summed E-state index contributed by atoms with van der Waals surface area (Å²) in [6.07, 6.45) is 2.92. The third kappa shape index (κ3) is 1.73. The first-order valence-corrected chi connectivity index (χ1v) is 8.31. The SMILES string of the molecule is O=C1OC2(CCc3ccccc3[C@H]2Br)C(=O)N2CCC[C@@H]12. The summed E-state index contributed by atoms with van der Waals surface area (Å²) in [6.45, 7) is 0.668. The topological polar surface area (TPSA) is 46.6 Å². The molecule has 5 heteroatoms. The fourth-order valence-electron chi connectivity index (χ4n) is 3.81. The highest BCUT2D eigenvalue weighted by Gasteiger charge is 2.59. The second kappa shape index (κ2) is 4.57. The first kappa shape index (κ1) is 13.3. The quantitative estimate of drug-likeness (QED) is 0.533. The van der Waals surface area contributed by atoms with Gasteiger partial charge in [0.05, 0.1) is 4.83 Å². The summed E-state index contributed by atoms with van der Waals surface area (Å²) >= 11 is 3.65. The van der Waals surface area contributed by atoms with Gasteiger partial charge < -0.3 is 9.64 Å². The van der Waals surface area contributed by atoms with Crippen LogP contribution in [0, 0.1) is 0 Å². The van der Waals surface area contributed by atoms with Crippen molar-refractivity contribution >= 4 is 27.8 Å². The van der Waals surface area contributed by atoms with Crippen LogP contribution in [0.1, 0.15) is 35.2 Å². The van der Waals surface area contributed by atoms with Gasteiger partial charge >= 0.3 is 5.97 Å². The highest BCUT2D eigenvalue weighted by molar-refractivity contribution is 9.09. The largest absolute Gasteiger partial charge is 0.446 e. The Labute approximate surface area is 131 Å². The van der Waals surface area contributed by atoms with Crippen LogP contribution >= 0.6 is 15.9 Å². The second-order valence-electron chi connectivity index (χ2n) is 6.03. The van der Waals surface area contributed by atoms with E-state index in [-0.39, 0.29) is 22.7 Å². The van der Waals surface area contributed by atoms with Crippen molar-refractivity contribution < 1.29 is 14.3 Å². The van der Waals surface area contributed by atoms with Gasteiger partial charge in [0.15, 0.2) is 0 Å². The molecule has 3 aliphatic rings. The molecule has 2 fully saturated rings. The van der Waals surface area contributed by atoms with Crippen molar-refractivity contribution in [3.8, 4) is 0 Å². The third-order valence-corrected chi connectivity index (χ3v) is 6.17. The Morgan fingerprint density at radius 2 is 2.10 bits per heavy atom. The fraction of sp³-hybridized carbons (Fsp3) is 0.500. The molecule has 2 aliphatic heterocycles. The van der Waals surface area contributed by atoms with Crippen LogP contribution in [-0.2, 0) is 20.7 Å². The van der Waals surface area contributed by atoms with Crippen molar-refractivity contribution in [2.24, 2.45) is 0 Å². The van der Waals surface area contributed by atoms with E-state index in [0.717, 1.165) is 24.8 Å². The number of benzene rings is 1. The molecule has 0 aromatic heterocycles. The molecule has 1 aromatic rings. The molecule has 1 aliphatic carbocycles. The molecular weight excluding hydrogens is 334 g/mol. The Morgan fingerprint density at radius 1 is 1.29 bits per heavy atom. The molecule has 3 atom stereocenters. The van der Waals surface area contributed by atoms with Crippen LogP contribution in [0.3, 0.4) is 0 Å². The van der Waals surface area contributed by atoms with E-state index in [0.29, 0.717) is 13.0 Å². The maximum Gasteiger partial charge on any atom is 0.329 e. The number of halogens is 1. The molecule has 2 heterocycles. The summed E-state index contributed by atoms with van der Waals surface area (Å²) in [5.74, 6) is -0.267. The first-order valence-electron chi connectivity index (χ1n) is 7.39. The molecule has 0 radical (unpaired) electrons. The van der Waals surface area contributed by atoms with E-state index in [9.17, 15) is 9.59 Å². The molecule has 21 heavy (non-hydrogen) atoms. The summed E-state index contributed by atoms with van der Waals surface area (Å²) in [5.41, 5.74) is 1.21. The minimum absolute atomic E-state index is 0.0269. The molecule has 4 nitrogen and oxygen atoms in total. The number of hydrogen-bond donors (Lipinski definition) is 0. The van der Waals surface area contributed by atoms with Crippen molar-refractivity contribution in [1.29, 1.82) is 0 Å². The van der Waals surface area contributed by atoms with E-state index in [4.69, 9.17) is 4.74 Å². The first-order chi connectivity index (χ1) is 10.1. The minimum Gasteiger partial charge on any atom is -0.446 e. The number of rotatable bonds is 0. The van der Waals surface area contributed by atoms with Crippen molar-refractivity contribution in [2.45, 2.75) is 42.2 Å². The van der Waals surface area contributed by atoms with Crippen molar-refractivity contribution in [3.63, 3.8) is 0 Å². The highest BCUT2D eigenvalue weighted by Crippen LogP contribution is 2.49. The van der Waals surface area contributed by atoms with Gasteiger partial charge in [-0.25, -0.2) is 4.79 Å². The second-order valence-corrected chi connectivity index (χ2v) is 6.94. The Balaban J connectivity index is 1.78. The highest BCUT2D eigenvalue weighted by atomic mass is 79.9. The van der Waals surface area contributed by atoms with Gasteiger partial charge in [-0.3, -0.25) is 4.79 Å². The monoisotopic (exact) mass is 349 g/mol. The molecule has 1 unspecified atom stereocenters. The van der Waals surface area contributed by atoms with Crippen molar-refractivity contribution in [2.75, 3.05) is 6.54 Å². The molecule has 4 rings (SSSR count). The van der Waals surface area contributed by atoms with Crippen molar-refractivity contribution in [3.05, 3.63) is 35.4 Å². The van der Waals surface area contributed by atoms with Gasteiger partial charge in [0.25, 0.3) is 5.91 Å². The molecule has 0 bridgehead atoms. The maximum absolute atomic E-state index is 13.0. The Hall–Kier alpha value is -1.36. The average Bonchev–Trinajstić information content (AvgIpc) is 2.99. The Kier molecular flexibility index (Phi) is 2.89. The summed E-state index contributed by atoms with van der Waals surface area (Å²) in [7, 11) is 0.